The van der Waals surface area contributed by atoms with Crippen molar-refractivity contribution in [3.8, 4) is 0 Å². The van der Waals surface area contributed by atoms with E-state index in [4.69, 9.17) is 9.26 Å². The lowest BCUT2D eigenvalue weighted by Crippen LogP contribution is -2.43. The largest absolute Gasteiger partial charge is 0.378 e. The molecule has 1 aliphatic heterocycles. The predicted molar refractivity (Wildman–Crippen MR) is 110 cm³/mol. The maximum absolute atomic E-state index is 12.4. The molecule has 1 atom stereocenters. The molecule has 1 aromatic carbocycles. The third-order valence-corrected chi connectivity index (χ3v) is 4.84. The zero-order valence-corrected chi connectivity index (χ0v) is 17.0. The molecule has 1 aliphatic rings. The van der Waals surface area contributed by atoms with Crippen LogP contribution in [0, 0.1) is 6.92 Å². The number of carbonyl (C=O) groups excluding carboxylic acids is 2. The van der Waals surface area contributed by atoms with Crippen molar-refractivity contribution >= 4 is 29.1 Å². The van der Waals surface area contributed by atoms with Gasteiger partial charge in [-0.1, -0.05) is 5.16 Å². The first-order valence-corrected chi connectivity index (χ1v) is 9.59. The Kier molecular flexibility index (Phi) is 6.84. The number of rotatable bonds is 7. The number of aryl methyl sites for hydroxylation is 1. The van der Waals surface area contributed by atoms with Crippen LogP contribution in [0.15, 0.2) is 34.9 Å². The van der Waals surface area contributed by atoms with Crippen LogP contribution in [0.2, 0.25) is 0 Å². The molecule has 29 heavy (non-hydrogen) atoms. The van der Waals surface area contributed by atoms with Crippen LogP contribution in [0.1, 0.15) is 12.6 Å². The van der Waals surface area contributed by atoms with E-state index in [9.17, 15) is 9.59 Å². The van der Waals surface area contributed by atoms with Crippen molar-refractivity contribution in [2.24, 2.45) is 0 Å². The van der Waals surface area contributed by atoms with E-state index in [1.54, 1.807) is 31.9 Å². The Labute approximate surface area is 170 Å². The standard InChI is InChI=1S/C20H27N5O4/c1-14-12-19(29-23-14)22-20(27)15(2)24(3)13-18(26)21-16-4-6-17(7-5-16)25-8-10-28-11-9-25/h4-7,12,15H,8-11,13H2,1-3H3,(H,21,26)(H,22,27). The first-order chi connectivity index (χ1) is 13.9. The molecule has 0 radical (unpaired) electrons. The van der Waals surface area contributed by atoms with Gasteiger partial charge in [-0.25, -0.2) is 0 Å². The molecule has 2 N–H and O–H groups in total. The number of hydrogen-bond acceptors (Lipinski definition) is 7. The van der Waals surface area contributed by atoms with Crippen molar-refractivity contribution in [2.45, 2.75) is 19.9 Å². The second-order valence-electron chi connectivity index (χ2n) is 7.11. The summed E-state index contributed by atoms with van der Waals surface area (Å²) in [7, 11) is 1.72. The minimum atomic E-state index is -0.519. The van der Waals surface area contributed by atoms with Crippen molar-refractivity contribution in [1.29, 1.82) is 0 Å². The van der Waals surface area contributed by atoms with Crippen LogP contribution >= 0.6 is 0 Å². The summed E-state index contributed by atoms with van der Waals surface area (Å²) < 4.78 is 10.4. The molecule has 2 aromatic rings. The van der Waals surface area contributed by atoms with Crippen molar-refractivity contribution in [3.05, 3.63) is 36.0 Å². The molecule has 0 aliphatic carbocycles. The Morgan fingerprint density at radius 1 is 1.21 bits per heavy atom. The average molecular weight is 401 g/mol. The van der Waals surface area contributed by atoms with Crippen molar-refractivity contribution in [1.82, 2.24) is 10.1 Å². The summed E-state index contributed by atoms with van der Waals surface area (Å²) in [6.45, 7) is 6.76. The van der Waals surface area contributed by atoms with Gasteiger partial charge in [0, 0.05) is 30.5 Å². The molecule has 1 saturated heterocycles. The Morgan fingerprint density at radius 3 is 2.52 bits per heavy atom. The number of aromatic nitrogens is 1. The highest BCUT2D eigenvalue weighted by atomic mass is 16.5. The fourth-order valence-corrected chi connectivity index (χ4v) is 2.99. The van der Waals surface area contributed by atoms with Gasteiger partial charge in [0.15, 0.2) is 0 Å². The van der Waals surface area contributed by atoms with E-state index in [-0.39, 0.29) is 24.2 Å². The van der Waals surface area contributed by atoms with E-state index in [0.29, 0.717) is 5.69 Å². The summed E-state index contributed by atoms with van der Waals surface area (Å²) in [4.78, 5) is 28.6. The second-order valence-corrected chi connectivity index (χ2v) is 7.11. The Bertz CT molecular complexity index is 830. The third-order valence-electron chi connectivity index (χ3n) is 4.84. The minimum Gasteiger partial charge on any atom is -0.378 e. The highest BCUT2D eigenvalue weighted by Gasteiger charge is 2.21. The van der Waals surface area contributed by atoms with Crippen LogP contribution in [0.4, 0.5) is 17.3 Å². The number of likely N-dealkylation sites (N-methyl/N-ethyl adjacent to an activating group) is 1. The molecule has 2 heterocycles. The lowest BCUT2D eigenvalue weighted by Gasteiger charge is -2.29. The summed E-state index contributed by atoms with van der Waals surface area (Å²) in [6.07, 6.45) is 0. The van der Waals surface area contributed by atoms with Crippen LogP contribution in [0.3, 0.4) is 0 Å². The van der Waals surface area contributed by atoms with Crippen LogP contribution in [-0.4, -0.2) is 67.8 Å². The van der Waals surface area contributed by atoms with Crippen LogP contribution in [0.25, 0.3) is 0 Å². The van der Waals surface area contributed by atoms with Gasteiger partial charge >= 0.3 is 0 Å². The monoisotopic (exact) mass is 401 g/mol. The van der Waals surface area contributed by atoms with Gasteiger partial charge < -0.3 is 19.5 Å². The summed E-state index contributed by atoms with van der Waals surface area (Å²) in [6, 6.07) is 8.85. The summed E-state index contributed by atoms with van der Waals surface area (Å²) in [5.41, 5.74) is 2.51. The van der Waals surface area contributed by atoms with Crippen LogP contribution in [-0.2, 0) is 14.3 Å². The maximum Gasteiger partial charge on any atom is 0.243 e. The van der Waals surface area contributed by atoms with Gasteiger partial charge in [-0.15, -0.1) is 0 Å². The highest BCUT2D eigenvalue weighted by Crippen LogP contribution is 2.19. The Balaban J connectivity index is 1.48. The van der Waals surface area contributed by atoms with Gasteiger partial charge in [0.2, 0.25) is 17.7 Å². The number of amides is 2. The van der Waals surface area contributed by atoms with E-state index < -0.39 is 6.04 Å². The number of ether oxygens (including phenoxy) is 1. The molecular formula is C20H27N5O4. The number of carbonyl (C=O) groups is 2. The number of nitrogens with one attached hydrogen (secondary N) is 2. The molecule has 3 rings (SSSR count). The molecular weight excluding hydrogens is 374 g/mol. The number of nitrogens with zero attached hydrogens (tertiary/aromatic N) is 3. The van der Waals surface area contributed by atoms with E-state index >= 15 is 0 Å². The first kappa shape index (κ1) is 20.8. The fourth-order valence-electron chi connectivity index (χ4n) is 2.99. The average Bonchev–Trinajstić information content (AvgIpc) is 3.13. The summed E-state index contributed by atoms with van der Waals surface area (Å²) >= 11 is 0. The molecule has 1 aromatic heterocycles. The molecule has 2 amide bonds. The first-order valence-electron chi connectivity index (χ1n) is 9.59. The molecule has 9 nitrogen and oxygen atoms in total. The van der Waals surface area contributed by atoms with Gasteiger partial charge in [0.25, 0.3) is 0 Å². The molecule has 0 bridgehead atoms. The third kappa shape index (κ3) is 5.78. The fraction of sp³-hybridized carbons (Fsp3) is 0.450. The van der Waals surface area contributed by atoms with Gasteiger partial charge in [-0.05, 0) is 45.2 Å². The van der Waals surface area contributed by atoms with Gasteiger partial charge in [0.05, 0.1) is 31.5 Å². The number of hydrogen-bond donors (Lipinski definition) is 2. The minimum absolute atomic E-state index is 0.0786. The molecule has 9 heteroatoms. The molecule has 0 spiro atoms. The summed E-state index contributed by atoms with van der Waals surface area (Å²) in [5, 5.41) is 9.24. The Hall–Kier alpha value is -2.91. The second kappa shape index (κ2) is 9.53. The molecule has 156 valence electrons. The van der Waals surface area contributed by atoms with E-state index in [1.807, 2.05) is 24.3 Å². The molecule has 1 unspecified atom stereocenters. The quantitative estimate of drug-likeness (QED) is 0.729. The van der Waals surface area contributed by atoms with E-state index in [0.717, 1.165) is 37.7 Å². The maximum atomic E-state index is 12.4. The molecule has 1 fully saturated rings. The topological polar surface area (TPSA) is 99.9 Å². The SMILES string of the molecule is Cc1cc(NC(=O)C(C)N(C)CC(=O)Nc2ccc(N3CCOCC3)cc2)on1. The zero-order chi connectivity index (χ0) is 20.8. The lowest BCUT2D eigenvalue weighted by molar-refractivity contribution is -0.122. The smallest absolute Gasteiger partial charge is 0.243 e. The van der Waals surface area contributed by atoms with Gasteiger partial charge in [-0.2, -0.15) is 0 Å². The number of anilines is 3. The van der Waals surface area contributed by atoms with Crippen molar-refractivity contribution in [3.63, 3.8) is 0 Å². The van der Waals surface area contributed by atoms with Crippen molar-refractivity contribution < 1.29 is 18.8 Å². The van der Waals surface area contributed by atoms with E-state index in [2.05, 4.69) is 20.7 Å². The van der Waals surface area contributed by atoms with E-state index in [1.165, 1.54) is 0 Å². The van der Waals surface area contributed by atoms with Crippen molar-refractivity contribution in [2.75, 3.05) is 55.4 Å². The highest BCUT2D eigenvalue weighted by molar-refractivity contribution is 5.95. The van der Waals surface area contributed by atoms with Crippen LogP contribution < -0.4 is 15.5 Å². The Morgan fingerprint density at radius 2 is 1.90 bits per heavy atom. The lowest BCUT2D eigenvalue weighted by atomic mass is 10.2. The summed E-state index contributed by atoms with van der Waals surface area (Å²) in [5.74, 6) is -0.175. The number of morpholine rings is 1. The zero-order valence-electron chi connectivity index (χ0n) is 17.0. The normalized spacial score (nSPS) is 15.2. The van der Waals surface area contributed by atoms with Gasteiger partial charge in [-0.3, -0.25) is 19.8 Å². The van der Waals surface area contributed by atoms with Gasteiger partial charge in [0.1, 0.15) is 0 Å². The molecule has 0 saturated carbocycles. The number of benzene rings is 1. The predicted octanol–water partition coefficient (Wildman–Crippen LogP) is 1.72. The van der Waals surface area contributed by atoms with Crippen LogP contribution in [0.5, 0.6) is 0 Å².